The summed E-state index contributed by atoms with van der Waals surface area (Å²) in [7, 11) is 1.69. The molecule has 3 heteroatoms. The van der Waals surface area contributed by atoms with E-state index < -0.39 is 0 Å². The fourth-order valence-electron chi connectivity index (χ4n) is 1.81. The van der Waals surface area contributed by atoms with Gasteiger partial charge < -0.3 is 14.6 Å². The third-order valence-corrected chi connectivity index (χ3v) is 2.55. The van der Waals surface area contributed by atoms with Crippen molar-refractivity contribution in [1.29, 1.82) is 0 Å². The lowest BCUT2D eigenvalue weighted by molar-refractivity contribution is -0.885. The number of ether oxygens (including phenoxy) is 1. The van der Waals surface area contributed by atoms with Crippen molar-refractivity contribution in [2.45, 2.75) is 25.7 Å². The highest BCUT2D eigenvalue weighted by atomic mass is 16.5. The molecule has 72 valence electrons. The Hall–Kier alpha value is -0.120. The lowest BCUT2D eigenvalue weighted by Crippen LogP contribution is -2.46. The number of methoxy groups -OCH3 is 1. The van der Waals surface area contributed by atoms with Gasteiger partial charge in [0.25, 0.3) is 0 Å². The van der Waals surface area contributed by atoms with E-state index in [-0.39, 0.29) is 4.65 Å². The Balaban J connectivity index is 2.17. The lowest BCUT2D eigenvalue weighted by Gasteiger charge is -2.45. The van der Waals surface area contributed by atoms with Gasteiger partial charge in [0.2, 0.25) is 0 Å². The minimum Gasteiger partial charge on any atom is -0.633 e. The van der Waals surface area contributed by atoms with Crippen molar-refractivity contribution in [3.63, 3.8) is 0 Å². The van der Waals surface area contributed by atoms with Crippen LogP contribution >= 0.6 is 0 Å². The van der Waals surface area contributed by atoms with E-state index in [0.29, 0.717) is 0 Å². The predicted molar refractivity (Wildman–Crippen MR) is 48.6 cm³/mol. The van der Waals surface area contributed by atoms with Crippen LogP contribution in [0.2, 0.25) is 0 Å². The zero-order valence-electron chi connectivity index (χ0n) is 7.92. The summed E-state index contributed by atoms with van der Waals surface area (Å²) in [5.74, 6) is 0. The van der Waals surface area contributed by atoms with Crippen LogP contribution in [0.5, 0.6) is 0 Å². The summed E-state index contributed by atoms with van der Waals surface area (Å²) in [6, 6.07) is 0. The molecular weight excluding hydrogens is 154 g/mol. The fraction of sp³-hybridized carbons (Fsp3) is 1.00. The second kappa shape index (κ2) is 4.80. The van der Waals surface area contributed by atoms with Gasteiger partial charge in [-0.1, -0.05) is 0 Å². The Morgan fingerprint density at radius 3 is 2.50 bits per heavy atom. The van der Waals surface area contributed by atoms with Crippen LogP contribution in [0.1, 0.15) is 25.7 Å². The molecular formula is C9H19NO2. The molecule has 1 saturated heterocycles. The van der Waals surface area contributed by atoms with E-state index in [0.717, 1.165) is 45.5 Å². The molecule has 1 heterocycles. The Morgan fingerprint density at radius 1 is 1.25 bits per heavy atom. The van der Waals surface area contributed by atoms with Crippen LogP contribution in [0.3, 0.4) is 0 Å². The van der Waals surface area contributed by atoms with Crippen molar-refractivity contribution >= 4 is 0 Å². The Morgan fingerprint density at radius 2 is 1.92 bits per heavy atom. The molecule has 0 aromatic heterocycles. The van der Waals surface area contributed by atoms with Crippen LogP contribution in [-0.2, 0) is 4.74 Å². The quantitative estimate of drug-likeness (QED) is 0.367. The van der Waals surface area contributed by atoms with E-state index in [1.54, 1.807) is 7.11 Å². The van der Waals surface area contributed by atoms with Crippen LogP contribution in [0.15, 0.2) is 0 Å². The number of hydrogen-bond donors (Lipinski definition) is 0. The molecule has 1 fully saturated rings. The van der Waals surface area contributed by atoms with Gasteiger partial charge in [0.05, 0.1) is 26.2 Å². The Bertz CT molecular complexity index is 122. The number of piperidine rings is 1. The fourth-order valence-corrected chi connectivity index (χ4v) is 1.81. The molecule has 0 unspecified atom stereocenters. The maximum atomic E-state index is 11.9. The van der Waals surface area contributed by atoms with Crippen LogP contribution in [0, 0.1) is 5.21 Å². The summed E-state index contributed by atoms with van der Waals surface area (Å²) in [5.41, 5.74) is 0. The SMILES string of the molecule is COCCC[N+]1([O-])CCCCC1. The van der Waals surface area contributed by atoms with Gasteiger partial charge in [-0.25, -0.2) is 0 Å². The van der Waals surface area contributed by atoms with Crippen molar-refractivity contribution in [2.75, 3.05) is 33.4 Å². The summed E-state index contributed by atoms with van der Waals surface area (Å²) < 4.78 is 4.96. The Kier molecular flexibility index (Phi) is 3.98. The highest BCUT2D eigenvalue weighted by Gasteiger charge is 2.19. The van der Waals surface area contributed by atoms with E-state index in [1.807, 2.05) is 0 Å². The molecule has 0 saturated carbocycles. The molecule has 1 aliphatic heterocycles. The third kappa shape index (κ3) is 3.09. The molecule has 0 aromatic carbocycles. The first-order chi connectivity index (χ1) is 5.77. The standard InChI is InChI=1S/C9H19NO2/c1-12-9-5-8-10(11)6-3-2-4-7-10/h2-9H2,1H3. The molecule has 12 heavy (non-hydrogen) atoms. The summed E-state index contributed by atoms with van der Waals surface area (Å²) in [4.78, 5) is 0. The van der Waals surface area contributed by atoms with Crippen molar-refractivity contribution in [2.24, 2.45) is 0 Å². The topological polar surface area (TPSA) is 32.3 Å². The zero-order valence-corrected chi connectivity index (χ0v) is 7.92. The van der Waals surface area contributed by atoms with E-state index >= 15 is 0 Å². The average Bonchev–Trinajstić information content (AvgIpc) is 2.06. The molecule has 0 atom stereocenters. The third-order valence-electron chi connectivity index (χ3n) is 2.55. The first-order valence-electron chi connectivity index (χ1n) is 4.83. The molecule has 1 aliphatic rings. The largest absolute Gasteiger partial charge is 0.633 e. The second-order valence-corrected chi connectivity index (χ2v) is 3.64. The van der Waals surface area contributed by atoms with Crippen LogP contribution in [0.25, 0.3) is 0 Å². The van der Waals surface area contributed by atoms with Gasteiger partial charge in [-0.05, 0) is 19.3 Å². The van der Waals surface area contributed by atoms with E-state index in [2.05, 4.69) is 0 Å². The lowest BCUT2D eigenvalue weighted by atomic mass is 10.1. The predicted octanol–water partition coefficient (Wildman–Crippen LogP) is 1.52. The first-order valence-corrected chi connectivity index (χ1v) is 4.83. The average molecular weight is 173 g/mol. The first kappa shape index (κ1) is 9.96. The van der Waals surface area contributed by atoms with Gasteiger partial charge in [-0.2, -0.15) is 0 Å². The number of quaternary nitrogens is 1. The van der Waals surface area contributed by atoms with Crippen LogP contribution in [0.4, 0.5) is 0 Å². The molecule has 0 spiro atoms. The Labute approximate surface area is 74.5 Å². The second-order valence-electron chi connectivity index (χ2n) is 3.64. The summed E-state index contributed by atoms with van der Waals surface area (Å²) >= 11 is 0. The monoisotopic (exact) mass is 173 g/mol. The molecule has 3 nitrogen and oxygen atoms in total. The molecule has 0 aliphatic carbocycles. The van der Waals surface area contributed by atoms with E-state index in [4.69, 9.17) is 4.74 Å². The molecule has 0 bridgehead atoms. The van der Waals surface area contributed by atoms with Crippen LogP contribution < -0.4 is 0 Å². The van der Waals surface area contributed by atoms with E-state index in [1.165, 1.54) is 6.42 Å². The smallest absolute Gasteiger partial charge is 0.0806 e. The van der Waals surface area contributed by atoms with Crippen molar-refractivity contribution < 1.29 is 9.38 Å². The van der Waals surface area contributed by atoms with Crippen molar-refractivity contribution in [3.8, 4) is 0 Å². The normalized spacial score (nSPS) is 22.5. The van der Waals surface area contributed by atoms with Gasteiger partial charge >= 0.3 is 0 Å². The van der Waals surface area contributed by atoms with Crippen LogP contribution in [-0.4, -0.2) is 38.0 Å². The summed E-state index contributed by atoms with van der Waals surface area (Å²) in [6.45, 7) is 3.11. The number of nitrogens with zero attached hydrogens (tertiary/aromatic N) is 1. The molecule has 0 radical (unpaired) electrons. The zero-order chi connectivity index (χ0) is 8.86. The van der Waals surface area contributed by atoms with Crippen molar-refractivity contribution in [3.05, 3.63) is 5.21 Å². The molecule has 0 amide bonds. The molecule has 1 rings (SSSR count). The van der Waals surface area contributed by atoms with Gasteiger partial charge in [0, 0.05) is 13.5 Å². The highest BCUT2D eigenvalue weighted by molar-refractivity contribution is 4.54. The number of hydrogen-bond acceptors (Lipinski definition) is 2. The van der Waals surface area contributed by atoms with E-state index in [9.17, 15) is 5.21 Å². The van der Waals surface area contributed by atoms with Crippen molar-refractivity contribution in [1.82, 2.24) is 0 Å². The van der Waals surface area contributed by atoms with Gasteiger partial charge in [0.15, 0.2) is 0 Å². The van der Waals surface area contributed by atoms with Gasteiger partial charge in [-0.3, -0.25) is 0 Å². The van der Waals surface area contributed by atoms with Gasteiger partial charge in [-0.15, -0.1) is 0 Å². The van der Waals surface area contributed by atoms with Gasteiger partial charge in [0.1, 0.15) is 0 Å². The maximum Gasteiger partial charge on any atom is 0.0806 e. The summed E-state index contributed by atoms with van der Waals surface area (Å²) in [6.07, 6.45) is 4.36. The number of hydroxylamine groups is 3. The molecule has 0 N–H and O–H groups in total. The minimum atomic E-state index is 0.0311. The summed E-state index contributed by atoms with van der Waals surface area (Å²) in [5, 5.41) is 11.9. The molecule has 0 aromatic rings. The highest BCUT2D eigenvalue weighted by Crippen LogP contribution is 2.17. The number of likely N-dealkylation sites (tertiary alicyclic amines) is 1. The maximum absolute atomic E-state index is 11.9. The number of rotatable bonds is 4. The minimum absolute atomic E-state index is 0.0311.